The van der Waals surface area contributed by atoms with Gasteiger partial charge in [0.1, 0.15) is 0 Å². The SMILES string of the molecule is Cn1cc(/C=C/C(=O)NC(c2ccccc2)C2CCCC2)c(=O)n(C)c1=O. The van der Waals surface area contributed by atoms with Crippen LogP contribution in [0.15, 0.2) is 52.2 Å². The van der Waals surface area contributed by atoms with Crippen molar-refractivity contribution >= 4 is 12.0 Å². The Hall–Kier alpha value is -2.89. The number of hydrogen-bond acceptors (Lipinski definition) is 3. The molecule has 1 atom stereocenters. The normalized spacial score (nSPS) is 15.9. The Labute approximate surface area is 158 Å². The van der Waals surface area contributed by atoms with Gasteiger partial charge in [0, 0.05) is 26.4 Å². The van der Waals surface area contributed by atoms with Gasteiger partial charge in [0.15, 0.2) is 0 Å². The number of rotatable bonds is 5. The number of nitrogens with one attached hydrogen (secondary N) is 1. The molecule has 6 nitrogen and oxygen atoms in total. The van der Waals surface area contributed by atoms with Crippen molar-refractivity contribution in [2.75, 3.05) is 0 Å². The van der Waals surface area contributed by atoms with Crippen molar-refractivity contribution in [1.82, 2.24) is 14.5 Å². The van der Waals surface area contributed by atoms with Crippen molar-refractivity contribution in [2.24, 2.45) is 20.0 Å². The van der Waals surface area contributed by atoms with Gasteiger partial charge in [0.2, 0.25) is 5.91 Å². The van der Waals surface area contributed by atoms with Crippen LogP contribution in [-0.2, 0) is 18.9 Å². The van der Waals surface area contributed by atoms with E-state index in [1.165, 1.54) is 42.8 Å². The first-order chi connectivity index (χ1) is 13.0. The van der Waals surface area contributed by atoms with Crippen LogP contribution in [0.1, 0.15) is 42.9 Å². The number of carbonyl (C=O) groups excluding carboxylic acids is 1. The third-order valence-corrected chi connectivity index (χ3v) is 5.21. The number of nitrogens with zero attached hydrogens (tertiary/aromatic N) is 2. The molecule has 0 bridgehead atoms. The van der Waals surface area contributed by atoms with E-state index in [4.69, 9.17) is 0 Å². The van der Waals surface area contributed by atoms with Crippen molar-refractivity contribution in [3.05, 3.63) is 74.6 Å². The summed E-state index contributed by atoms with van der Waals surface area (Å²) < 4.78 is 2.35. The van der Waals surface area contributed by atoms with Gasteiger partial charge in [-0.2, -0.15) is 0 Å². The van der Waals surface area contributed by atoms with Crippen molar-refractivity contribution in [2.45, 2.75) is 31.7 Å². The second-order valence-corrected chi connectivity index (χ2v) is 7.12. The molecule has 1 heterocycles. The lowest BCUT2D eigenvalue weighted by molar-refractivity contribution is -0.117. The number of aromatic nitrogens is 2. The number of amides is 1. The van der Waals surface area contributed by atoms with Gasteiger partial charge in [-0.1, -0.05) is 43.2 Å². The molecule has 0 saturated heterocycles. The van der Waals surface area contributed by atoms with Crippen LogP contribution < -0.4 is 16.6 Å². The van der Waals surface area contributed by atoms with Gasteiger partial charge < -0.3 is 9.88 Å². The van der Waals surface area contributed by atoms with E-state index in [0.717, 1.165) is 23.0 Å². The lowest BCUT2D eigenvalue weighted by atomic mass is 9.91. The van der Waals surface area contributed by atoms with Gasteiger partial charge in [-0.3, -0.25) is 14.2 Å². The fourth-order valence-corrected chi connectivity index (χ4v) is 3.74. The highest BCUT2D eigenvalue weighted by molar-refractivity contribution is 5.91. The summed E-state index contributed by atoms with van der Waals surface area (Å²) in [5.41, 5.74) is 0.584. The highest BCUT2D eigenvalue weighted by atomic mass is 16.2. The molecule has 3 rings (SSSR count). The number of aryl methyl sites for hydroxylation is 1. The second-order valence-electron chi connectivity index (χ2n) is 7.12. The van der Waals surface area contributed by atoms with Gasteiger partial charge in [-0.15, -0.1) is 0 Å². The van der Waals surface area contributed by atoms with Crippen molar-refractivity contribution < 1.29 is 4.79 Å². The minimum Gasteiger partial charge on any atom is -0.345 e. The standard InChI is InChI=1S/C21H25N3O3/c1-23-14-17(20(26)24(2)21(23)27)12-13-18(25)22-19(16-10-6-7-11-16)15-8-4-3-5-9-15/h3-5,8-9,12-14,16,19H,6-7,10-11H2,1-2H3,(H,22,25)/b13-12+. The minimum atomic E-state index is -0.419. The van der Waals surface area contributed by atoms with E-state index >= 15 is 0 Å². The van der Waals surface area contributed by atoms with Gasteiger partial charge in [0.25, 0.3) is 5.56 Å². The molecule has 0 radical (unpaired) electrons. The lowest BCUT2D eigenvalue weighted by Gasteiger charge is -2.24. The molecular weight excluding hydrogens is 342 g/mol. The zero-order chi connectivity index (χ0) is 19.4. The minimum absolute atomic E-state index is 0.0335. The van der Waals surface area contributed by atoms with Crippen molar-refractivity contribution in [3.63, 3.8) is 0 Å². The summed E-state index contributed by atoms with van der Waals surface area (Å²) in [5, 5.41) is 3.10. The average Bonchev–Trinajstić information content (AvgIpc) is 3.21. The average molecular weight is 367 g/mol. The van der Waals surface area contributed by atoms with Crippen LogP contribution in [0.5, 0.6) is 0 Å². The smallest absolute Gasteiger partial charge is 0.330 e. The predicted octanol–water partition coefficient (Wildman–Crippen LogP) is 2.14. The quantitative estimate of drug-likeness (QED) is 0.823. The predicted molar refractivity (Wildman–Crippen MR) is 105 cm³/mol. The molecule has 142 valence electrons. The third-order valence-electron chi connectivity index (χ3n) is 5.21. The van der Waals surface area contributed by atoms with E-state index in [2.05, 4.69) is 5.32 Å². The topological polar surface area (TPSA) is 73.1 Å². The molecule has 0 aliphatic heterocycles. The fourth-order valence-electron chi connectivity index (χ4n) is 3.74. The molecule has 2 aromatic rings. The fraction of sp³-hybridized carbons (Fsp3) is 0.381. The number of benzene rings is 1. The Bertz CT molecular complexity index is 951. The van der Waals surface area contributed by atoms with E-state index < -0.39 is 11.2 Å². The van der Waals surface area contributed by atoms with Crippen molar-refractivity contribution in [3.8, 4) is 0 Å². The molecule has 1 unspecified atom stereocenters. The van der Waals surface area contributed by atoms with Gasteiger partial charge in [-0.05, 0) is 30.4 Å². The highest BCUT2D eigenvalue weighted by Crippen LogP contribution is 2.35. The molecule has 1 fully saturated rings. The summed E-state index contributed by atoms with van der Waals surface area (Å²) in [6.45, 7) is 0. The summed E-state index contributed by atoms with van der Waals surface area (Å²) in [7, 11) is 3.00. The van der Waals surface area contributed by atoms with Crippen LogP contribution >= 0.6 is 0 Å². The van der Waals surface area contributed by atoms with Crippen LogP contribution in [0.4, 0.5) is 0 Å². The molecule has 0 spiro atoms. The van der Waals surface area contributed by atoms with Gasteiger partial charge in [0.05, 0.1) is 11.6 Å². The Balaban J connectivity index is 1.80. The molecule has 1 aromatic heterocycles. The van der Waals surface area contributed by atoms with Crippen LogP contribution in [0.2, 0.25) is 0 Å². The van der Waals surface area contributed by atoms with E-state index in [9.17, 15) is 14.4 Å². The van der Waals surface area contributed by atoms with Crippen LogP contribution in [0, 0.1) is 5.92 Å². The first-order valence-corrected chi connectivity index (χ1v) is 9.27. The largest absolute Gasteiger partial charge is 0.345 e. The summed E-state index contributed by atoms with van der Waals surface area (Å²) in [6.07, 6.45) is 8.86. The highest BCUT2D eigenvalue weighted by Gasteiger charge is 2.27. The number of carbonyl (C=O) groups is 1. The van der Waals surface area contributed by atoms with E-state index in [1.807, 2.05) is 30.3 Å². The summed E-state index contributed by atoms with van der Waals surface area (Å²) in [6, 6.07) is 9.97. The van der Waals surface area contributed by atoms with Crippen LogP contribution in [-0.4, -0.2) is 15.0 Å². The summed E-state index contributed by atoms with van der Waals surface area (Å²) in [4.78, 5) is 36.5. The van der Waals surface area contributed by atoms with Gasteiger partial charge in [-0.25, -0.2) is 4.79 Å². The summed E-state index contributed by atoms with van der Waals surface area (Å²) in [5.74, 6) is 0.182. The molecule has 6 heteroatoms. The van der Waals surface area contributed by atoms with Crippen molar-refractivity contribution in [1.29, 1.82) is 0 Å². The van der Waals surface area contributed by atoms with E-state index in [1.54, 1.807) is 7.05 Å². The van der Waals surface area contributed by atoms with Crippen LogP contribution in [0.3, 0.4) is 0 Å². The van der Waals surface area contributed by atoms with E-state index in [0.29, 0.717) is 11.5 Å². The number of hydrogen-bond donors (Lipinski definition) is 1. The zero-order valence-electron chi connectivity index (χ0n) is 15.7. The molecule has 1 saturated carbocycles. The first-order valence-electron chi connectivity index (χ1n) is 9.27. The van der Waals surface area contributed by atoms with Crippen LogP contribution in [0.25, 0.3) is 6.08 Å². The Morgan fingerprint density at radius 1 is 1.15 bits per heavy atom. The second kappa shape index (κ2) is 8.20. The summed E-state index contributed by atoms with van der Waals surface area (Å²) >= 11 is 0. The van der Waals surface area contributed by atoms with Gasteiger partial charge >= 0.3 is 5.69 Å². The lowest BCUT2D eigenvalue weighted by Crippen LogP contribution is -2.37. The Kier molecular flexibility index (Phi) is 5.74. The maximum atomic E-state index is 12.5. The molecule has 1 aliphatic carbocycles. The molecule has 1 aliphatic rings. The zero-order valence-corrected chi connectivity index (χ0v) is 15.7. The molecule has 1 N–H and O–H groups in total. The molecule has 1 amide bonds. The first kappa shape index (κ1) is 18.9. The molecular formula is C21H25N3O3. The molecule has 27 heavy (non-hydrogen) atoms. The monoisotopic (exact) mass is 367 g/mol. The maximum absolute atomic E-state index is 12.5. The molecule has 1 aromatic carbocycles. The van der Waals surface area contributed by atoms with E-state index in [-0.39, 0.29) is 11.9 Å². The third kappa shape index (κ3) is 4.27. The maximum Gasteiger partial charge on any atom is 0.330 e. The Morgan fingerprint density at radius 3 is 2.48 bits per heavy atom. The Morgan fingerprint density at radius 2 is 1.81 bits per heavy atom.